The molecule has 0 bridgehead atoms. The highest BCUT2D eigenvalue weighted by Gasteiger charge is 2.50. The lowest BCUT2D eigenvalue weighted by atomic mass is 10.2. The summed E-state index contributed by atoms with van der Waals surface area (Å²) in [6.45, 7) is 0.174. The first-order valence-electron chi connectivity index (χ1n) is 8.17. The molecule has 0 unspecified atom stereocenters. The fourth-order valence-electron chi connectivity index (χ4n) is 3.29. The zero-order chi connectivity index (χ0) is 18.3. The first-order chi connectivity index (χ1) is 12.6. The van der Waals surface area contributed by atoms with Gasteiger partial charge in [0.25, 0.3) is 5.91 Å². The number of nitrogens with zero attached hydrogens (tertiary/aromatic N) is 3. The van der Waals surface area contributed by atoms with Crippen molar-refractivity contribution >= 4 is 17.6 Å². The number of anilines is 1. The Bertz CT molecular complexity index is 895. The largest absolute Gasteiger partial charge is 0.457 e. The van der Waals surface area contributed by atoms with Crippen LogP contribution in [-0.2, 0) is 4.79 Å². The highest BCUT2D eigenvalue weighted by molar-refractivity contribution is 6.21. The molecule has 4 rings (SSSR count). The van der Waals surface area contributed by atoms with Crippen molar-refractivity contribution in [2.24, 2.45) is 0 Å². The van der Waals surface area contributed by atoms with E-state index in [0.29, 0.717) is 22.7 Å². The summed E-state index contributed by atoms with van der Waals surface area (Å²) in [5.74, 6) is 0.686. The number of hydrogen-bond donors (Lipinski definition) is 1. The number of amides is 3. The molecular formula is C19H15N3O4. The second-order valence-corrected chi connectivity index (χ2v) is 6.25. The van der Waals surface area contributed by atoms with Crippen molar-refractivity contribution in [2.75, 3.05) is 11.4 Å². The molecule has 2 heterocycles. The first kappa shape index (κ1) is 16.1. The SMILES string of the molecule is N#Cc1ccc(Oc2cccc(N3C(=O)[C@@H]4C[C@@H](O)CN4C3=O)c2)cc1. The molecule has 0 radical (unpaired) electrons. The standard InChI is InChI=1S/C19H15N3O4/c20-10-12-4-6-15(7-5-12)26-16-3-1-2-13(8-16)22-18(24)17-9-14(23)11-21(17)19(22)25/h1-8,14,17,23H,9,11H2/t14-,17+/m1/s1. The Morgan fingerprint density at radius 3 is 2.58 bits per heavy atom. The minimum atomic E-state index is -0.652. The topological polar surface area (TPSA) is 93.9 Å². The number of carbonyl (C=O) groups is 2. The van der Waals surface area contributed by atoms with Crippen LogP contribution in [0.5, 0.6) is 11.5 Å². The number of imide groups is 1. The van der Waals surface area contributed by atoms with E-state index in [9.17, 15) is 14.7 Å². The number of fused-ring (bicyclic) bond motifs is 1. The van der Waals surface area contributed by atoms with Gasteiger partial charge < -0.3 is 14.7 Å². The van der Waals surface area contributed by atoms with Gasteiger partial charge in [0.05, 0.1) is 23.4 Å². The molecule has 130 valence electrons. The molecule has 2 aromatic rings. The Balaban J connectivity index is 1.57. The number of urea groups is 1. The molecule has 2 saturated heterocycles. The average molecular weight is 349 g/mol. The van der Waals surface area contributed by atoms with Crippen LogP contribution in [0, 0.1) is 11.3 Å². The van der Waals surface area contributed by atoms with E-state index in [-0.39, 0.29) is 18.9 Å². The van der Waals surface area contributed by atoms with Crippen LogP contribution in [0.4, 0.5) is 10.5 Å². The van der Waals surface area contributed by atoms with E-state index in [1.54, 1.807) is 48.5 Å². The van der Waals surface area contributed by atoms with Crippen molar-refractivity contribution in [3.8, 4) is 17.6 Å². The van der Waals surface area contributed by atoms with Gasteiger partial charge in [-0.05, 0) is 36.4 Å². The monoisotopic (exact) mass is 349 g/mol. The highest BCUT2D eigenvalue weighted by Crippen LogP contribution is 2.33. The molecule has 7 heteroatoms. The summed E-state index contributed by atoms with van der Waals surface area (Å²) < 4.78 is 5.75. The molecular weight excluding hydrogens is 334 g/mol. The predicted octanol–water partition coefficient (Wildman–Crippen LogP) is 2.25. The van der Waals surface area contributed by atoms with Crippen LogP contribution in [0.1, 0.15) is 12.0 Å². The Labute approximate surface area is 149 Å². The molecule has 0 aromatic heterocycles. The first-order valence-corrected chi connectivity index (χ1v) is 8.17. The van der Waals surface area contributed by atoms with Gasteiger partial charge in [0.15, 0.2) is 0 Å². The third-order valence-electron chi connectivity index (χ3n) is 4.52. The maximum Gasteiger partial charge on any atom is 0.332 e. The molecule has 0 spiro atoms. The van der Waals surface area contributed by atoms with Gasteiger partial charge in [0.1, 0.15) is 17.5 Å². The van der Waals surface area contributed by atoms with Crippen molar-refractivity contribution in [1.82, 2.24) is 4.90 Å². The molecule has 1 N–H and O–H groups in total. The molecule has 0 saturated carbocycles. The average Bonchev–Trinajstić information content (AvgIpc) is 3.13. The number of benzene rings is 2. The van der Waals surface area contributed by atoms with Gasteiger partial charge in [0, 0.05) is 19.0 Å². The molecule has 2 aliphatic heterocycles. The molecule has 2 aromatic carbocycles. The van der Waals surface area contributed by atoms with Gasteiger partial charge in [-0.2, -0.15) is 5.26 Å². The van der Waals surface area contributed by atoms with E-state index in [1.807, 2.05) is 6.07 Å². The fourth-order valence-corrected chi connectivity index (χ4v) is 3.29. The van der Waals surface area contributed by atoms with Crippen molar-refractivity contribution in [3.05, 3.63) is 54.1 Å². The van der Waals surface area contributed by atoms with Crippen LogP contribution in [0.3, 0.4) is 0 Å². The van der Waals surface area contributed by atoms with Crippen LogP contribution >= 0.6 is 0 Å². The van der Waals surface area contributed by atoms with Crippen molar-refractivity contribution in [3.63, 3.8) is 0 Å². The summed E-state index contributed by atoms with van der Waals surface area (Å²) in [4.78, 5) is 27.6. The van der Waals surface area contributed by atoms with Crippen LogP contribution < -0.4 is 9.64 Å². The van der Waals surface area contributed by atoms with Crippen molar-refractivity contribution < 1.29 is 19.4 Å². The van der Waals surface area contributed by atoms with E-state index >= 15 is 0 Å². The van der Waals surface area contributed by atoms with Crippen LogP contribution in [0.15, 0.2) is 48.5 Å². The Morgan fingerprint density at radius 1 is 1.12 bits per heavy atom. The molecule has 2 atom stereocenters. The molecule has 2 aliphatic rings. The van der Waals surface area contributed by atoms with Gasteiger partial charge in [0.2, 0.25) is 0 Å². The van der Waals surface area contributed by atoms with Crippen molar-refractivity contribution in [2.45, 2.75) is 18.6 Å². The molecule has 7 nitrogen and oxygen atoms in total. The fraction of sp³-hybridized carbons (Fsp3) is 0.211. The molecule has 0 aliphatic carbocycles. The number of nitriles is 1. The number of hydrogen-bond acceptors (Lipinski definition) is 5. The minimum absolute atomic E-state index is 0.174. The quantitative estimate of drug-likeness (QED) is 0.858. The van der Waals surface area contributed by atoms with E-state index in [4.69, 9.17) is 10.00 Å². The number of aliphatic hydroxyl groups excluding tert-OH is 1. The third kappa shape index (κ3) is 2.66. The second kappa shape index (κ2) is 6.17. The van der Waals surface area contributed by atoms with Crippen LogP contribution in [0.25, 0.3) is 0 Å². The summed E-state index contributed by atoms with van der Waals surface area (Å²) in [6.07, 6.45) is -0.385. The van der Waals surface area contributed by atoms with Gasteiger partial charge >= 0.3 is 6.03 Å². The highest BCUT2D eigenvalue weighted by atomic mass is 16.5. The lowest BCUT2D eigenvalue weighted by Crippen LogP contribution is -2.35. The van der Waals surface area contributed by atoms with E-state index in [2.05, 4.69) is 0 Å². The number of carbonyl (C=O) groups excluding carboxylic acids is 2. The maximum absolute atomic E-state index is 12.6. The summed E-state index contributed by atoms with van der Waals surface area (Å²) in [5, 5.41) is 18.5. The van der Waals surface area contributed by atoms with E-state index in [0.717, 1.165) is 4.90 Å². The number of rotatable bonds is 3. The van der Waals surface area contributed by atoms with Gasteiger partial charge in [-0.15, -0.1) is 0 Å². The molecule has 26 heavy (non-hydrogen) atoms. The van der Waals surface area contributed by atoms with Crippen molar-refractivity contribution in [1.29, 1.82) is 5.26 Å². The smallest absolute Gasteiger partial charge is 0.332 e. The Morgan fingerprint density at radius 2 is 1.88 bits per heavy atom. The van der Waals surface area contributed by atoms with Crippen LogP contribution in [-0.4, -0.2) is 40.6 Å². The Kier molecular flexibility index (Phi) is 3.82. The van der Waals surface area contributed by atoms with Gasteiger partial charge in [-0.25, -0.2) is 9.69 Å². The minimum Gasteiger partial charge on any atom is -0.457 e. The molecule has 3 amide bonds. The predicted molar refractivity (Wildman–Crippen MR) is 91.7 cm³/mol. The number of ether oxygens (including phenoxy) is 1. The zero-order valence-corrected chi connectivity index (χ0v) is 13.7. The van der Waals surface area contributed by atoms with Gasteiger partial charge in [-0.3, -0.25) is 4.79 Å². The second-order valence-electron chi connectivity index (χ2n) is 6.25. The van der Waals surface area contributed by atoms with E-state index < -0.39 is 18.2 Å². The molecule has 2 fully saturated rings. The van der Waals surface area contributed by atoms with Gasteiger partial charge in [-0.1, -0.05) is 6.07 Å². The number of aliphatic hydroxyl groups is 1. The maximum atomic E-state index is 12.6. The van der Waals surface area contributed by atoms with E-state index in [1.165, 1.54) is 4.90 Å². The lowest BCUT2D eigenvalue weighted by Gasteiger charge is -2.17. The summed E-state index contributed by atoms with van der Waals surface area (Å²) in [7, 11) is 0. The summed E-state index contributed by atoms with van der Waals surface area (Å²) in [6, 6.07) is 14.4. The summed E-state index contributed by atoms with van der Waals surface area (Å²) in [5.41, 5.74) is 0.956. The normalized spacial score (nSPS) is 21.7. The Hall–Kier alpha value is -3.37. The summed E-state index contributed by atoms with van der Waals surface area (Å²) >= 11 is 0. The zero-order valence-electron chi connectivity index (χ0n) is 13.7. The third-order valence-corrected chi connectivity index (χ3v) is 4.52. The van der Waals surface area contributed by atoms with Crippen LogP contribution in [0.2, 0.25) is 0 Å². The lowest BCUT2D eigenvalue weighted by molar-refractivity contribution is -0.119.